The number of phenolic OH excluding ortho intramolecular Hbond substituents is 1. The summed E-state index contributed by atoms with van der Waals surface area (Å²) < 4.78 is 0. The zero-order valence-electron chi connectivity index (χ0n) is 9.29. The van der Waals surface area contributed by atoms with Gasteiger partial charge in [0.05, 0.1) is 5.69 Å². The highest BCUT2D eigenvalue weighted by molar-refractivity contribution is 5.91. The summed E-state index contributed by atoms with van der Waals surface area (Å²) in [7, 11) is 0. The van der Waals surface area contributed by atoms with E-state index in [1.165, 1.54) is 6.92 Å². The number of rotatable bonds is 2. The maximum Gasteiger partial charge on any atom is 0.221 e. The lowest BCUT2D eigenvalue weighted by Crippen LogP contribution is -2.43. The number of nitrogens with one attached hydrogen (secondary N) is 1. The largest absolute Gasteiger partial charge is 0.506 e. The number of benzene rings is 1. The normalized spacial score (nSPS) is 17.6. The number of carbonyl (C=O) groups is 1. The second-order valence-electron chi connectivity index (χ2n) is 4.39. The Morgan fingerprint density at radius 2 is 2.19 bits per heavy atom. The molecule has 1 saturated carbocycles. The van der Waals surface area contributed by atoms with Crippen LogP contribution in [0.3, 0.4) is 0 Å². The number of anilines is 1. The molecule has 0 heterocycles. The first-order chi connectivity index (χ1) is 7.53. The van der Waals surface area contributed by atoms with Crippen LogP contribution in [0.15, 0.2) is 18.2 Å². The number of amides is 1. The molecule has 4 nitrogen and oxygen atoms in total. The van der Waals surface area contributed by atoms with Crippen molar-refractivity contribution in [3.05, 3.63) is 23.8 Å². The molecular weight excluding hydrogens is 204 g/mol. The van der Waals surface area contributed by atoms with Crippen molar-refractivity contribution in [1.29, 1.82) is 0 Å². The maximum absolute atomic E-state index is 11.1. The molecule has 1 fully saturated rings. The fraction of sp³-hybridized carbons (Fsp3) is 0.417. The summed E-state index contributed by atoms with van der Waals surface area (Å²) in [5.74, 6) is -0.130. The van der Waals surface area contributed by atoms with Crippen LogP contribution in [0.1, 0.15) is 31.7 Å². The molecule has 86 valence electrons. The van der Waals surface area contributed by atoms with Crippen molar-refractivity contribution >= 4 is 11.6 Å². The van der Waals surface area contributed by atoms with Crippen LogP contribution < -0.4 is 11.1 Å². The first-order valence-electron chi connectivity index (χ1n) is 5.42. The molecule has 0 spiro atoms. The number of para-hydroxylation sites is 1. The van der Waals surface area contributed by atoms with Crippen LogP contribution in [0.5, 0.6) is 5.75 Å². The number of nitrogens with two attached hydrogens (primary N) is 1. The number of carbonyl (C=O) groups excluding carboxylic acids is 1. The highest BCUT2D eigenvalue weighted by Crippen LogP contribution is 2.44. The van der Waals surface area contributed by atoms with Gasteiger partial charge in [-0.05, 0) is 30.9 Å². The highest BCUT2D eigenvalue weighted by Gasteiger charge is 2.36. The average molecular weight is 220 g/mol. The fourth-order valence-corrected chi connectivity index (χ4v) is 2.09. The molecular formula is C12H16N2O2. The summed E-state index contributed by atoms with van der Waals surface area (Å²) in [4.78, 5) is 11.1. The molecule has 1 aromatic rings. The Morgan fingerprint density at radius 3 is 2.69 bits per heavy atom. The standard InChI is InChI=1S/C12H16N2O2/c1-8(15)14-11-9(4-2-5-10(11)16)12(13)6-3-7-12/h2,4-5,16H,3,6-7,13H2,1H3,(H,14,15). The lowest BCUT2D eigenvalue weighted by atomic mass is 9.72. The smallest absolute Gasteiger partial charge is 0.221 e. The lowest BCUT2D eigenvalue weighted by molar-refractivity contribution is -0.114. The predicted octanol–water partition coefficient (Wildman–Crippen LogP) is 1.69. The van der Waals surface area contributed by atoms with E-state index in [1.54, 1.807) is 12.1 Å². The molecule has 4 heteroatoms. The predicted molar refractivity (Wildman–Crippen MR) is 62.1 cm³/mol. The van der Waals surface area contributed by atoms with Gasteiger partial charge < -0.3 is 16.2 Å². The molecule has 2 rings (SSSR count). The fourth-order valence-electron chi connectivity index (χ4n) is 2.09. The first kappa shape index (κ1) is 11.0. The van der Waals surface area contributed by atoms with Crippen molar-refractivity contribution in [3.8, 4) is 5.75 Å². The molecule has 1 amide bonds. The molecule has 16 heavy (non-hydrogen) atoms. The van der Waals surface area contributed by atoms with E-state index in [4.69, 9.17) is 5.73 Å². The van der Waals surface area contributed by atoms with Gasteiger partial charge in [0.1, 0.15) is 5.75 Å². The number of hydrogen-bond donors (Lipinski definition) is 3. The second kappa shape index (κ2) is 3.79. The first-order valence-corrected chi connectivity index (χ1v) is 5.42. The van der Waals surface area contributed by atoms with Crippen molar-refractivity contribution in [2.75, 3.05) is 5.32 Å². The van der Waals surface area contributed by atoms with Crippen molar-refractivity contribution in [3.63, 3.8) is 0 Å². The molecule has 0 bridgehead atoms. The second-order valence-corrected chi connectivity index (χ2v) is 4.39. The number of hydrogen-bond acceptors (Lipinski definition) is 3. The molecule has 1 aliphatic carbocycles. The van der Waals surface area contributed by atoms with Crippen LogP contribution in [0, 0.1) is 0 Å². The van der Waals surface area contributed by atoms with Gasteiger partial charge in [-0.3, -0.25) is 4.79 Å². The van der Waals surface area contributed by atoms with Gasteiger partial charge in [0.15, 0.2) is 0 Å². The van der Waals surface area contributed by atoms with Crippen LogP contribution in [0.25, 0.3) is 0 Å². The maximum atomic E-state index is 11.1. The molecule has 0 saturated heterocycles. The van der Waals surface area contributed by atoms with E-state index in [-0.39, 0.29) is 11.7 Å². The average Bonchev–Trinajstić information content (AvgIpc) is 2.17. The summed E-state index contributed by atoms with van der Waals surface area (Å²) in [5.41, 5.74) is 7.10. The Labute approximate surface area is 94.5 Å². The van der Waals surface area contributed by atoms with Crippen molar-refractivity contribution in [2.24, 2.45) is 5.73 Å². The van der Waals surface area contributed by atoms with Crippen LogP contribution in [-0.4, -0.2) is 11.0 Å². The summed E-state index contributed by atoms with van der Waals surface area (Å²) in [5, 5.41) is 12.4. The van der Waals surface area contributed by atoms with Gasteiger partial charge >= 0.3 is 0 Å². The van der Waals surface area contributed by atoms with Gasteiger partial charge in [0.2, 0.25) is 5.91 Å². The molecule has 0 radical (unpaired) electrons. The Kier molecular flexibility index (Phi) is 2.59. The molecule has 0 aliphatic heterocycles. The van der Waals surface area contributed by atoms with E-state index in [1.807, 2.05) is 6.07 Å². The Balaban J connectivity index is 2.43. The van der Waals surface area contributed by atoms with Gasteiger partial charge in [-0.25, -0.2) is 0 Å². The van der Waals surface area contributed by atoms with E-state index < -0.39 is 5.54 Å². The number of phenols is 1. The van der Waals surface area contributed by atoms with Gasteiger partial charge in [0.25, 0.3) is 0 Å². The third-order valence-electron chi connectivity index (χ3n) is 3.13. The lowest BCUT2D eigenvalue weighted by Gasteiger charge is -2.39. The molecule has 1 aliphatic rings. The van der Waals surface area contributed by atoms with Crippen LogP contribution >= 0.6 is 0 Å². The molecule has 0 aromatic heterocycles. The molecule has 1 aromatic carbocycles. The van der Waals surface area contributed by atoms with E-state index in [0.29, 0.717) is 5.69 Å². The molecule has 0 atom stereocenters. The Morgan fingerprint density at radius 1 is 1.50 bits per heavy atom. The SMILES string of the molecule is CC(=O)Nc1c(O)cccc1C1(N)CCC1. The monoisotopic (exact) mass is 220 g/mol. The topological polar surface area (TPSA) is 75.3 Å². The summed E-state index contributed by atoms with van der Waals surface area (Å²) in [6, 6.07) is 5.17. The Hall–Kier alpha value is -1.55. The zero-order chi connectivity index (χ0) is 11.8. The highest BCUT2D eigenvalue weighted by atomic mass is 16.3. The van der Waals surface area contributed by atoms with E-state index in [9.17, 15) is 9.90 Å². The summed E-state index contributed by atoms with van der Waals surface area (Å²) >= 11 is 0. The van der Waals surface area contributed by atoms with Crippen molar-refractivity contribution in [2.45, 2.75) is 31.7 Å². The van der Waals surface area contributed by atoms with E-state index >= 15 is 0 Å². The zero-order valence-corrected chi connectivity index (χ0v) is 9.29. The third-order valence-corrected chi connectivity index (χ3v) is 3.13. The third kappa shape index (κ3) is 1.76. The number of aromatic hydroxyl groups is 1. The molecule has 4 N–H and O–H groups in total. The van der Waals surface area contributed by atoms with Gasteiger partial charge in [0, 0.05) is 12.5 Å². The van der Waals surface area contributed by atoms with Crippen molar-refractivity contribution < 1.29 is 9.90 Å². The Bertz CT molecular complexity index is 425. The van der Waals surface area contributed by atoms with Gasteiger partial charge in [-0.1, -0.05) is 12.1 Å². The minimum atomic E-state index is -0.392. The van der Waals surface area contributed by atoms with Crippen LogP contribution in [0.4, 0.5) is 5.69 Å². The summed E-state index contributed by atoms with van der Waals surface area (Å²) in [6.45, 7) is 1.42. The summed E-state index contributed by atoms with van der Waals surface area (Å²) in [6.07, 6.45) is 2.87. The van der Waals surface area contributed by atoms with Crippen LogP contribution in [0.2, 0.25) is 0 Å². The van der Waals surface area contributed by atoms with Crippen molar-refractivity contribution in [1.82, 2.24) is 0 Å². The van der Waals surface area contributed by atoms with Gasteiger partial charge in [-0.15, -0.1) is 0 Å². The van der Waals surface area contributed by atoms with E-state index in [0.717, 1.165) is 24.8 Å². The van der Waals surface area contributed by atoms with E-state index in [2.05, 4.69) is 5.32 Å². The van der Waals surface area contributed by atoms with Crippen LogP contribution in [-0.2, 0) is 10.3 Å². The molecule has 0 unspecified atom stereocenters. The minimum absolute atomic E-state index is 0.0735. The quantitative estimate of drug-likeness (QED) is 0.664. The van der Waals surface area contributed by atoms with Gasteiger partial charge in [-0.2, -0.15) is 0 Å². The minimum Gasteiger partial charge on any atom is -0.506 e.